The Morgan fingerprint density at radius 2 is 1.66 bits per heavy atom. The van der Waals surface area contributed by atoms with E-state index in [0.29, 0.717) is 17.2 Å². The van der Waals surface area contributed by atoms with Crippen LogP contribution in [0, 0.1) is 10.1 Å². The van der Waals surface area contributed by atoms with Crippen LogP contribution in [0.5, 0.6) is 11.5 Å². The molecule has 38 heavy (non-hydrogen) atoms. The predicted octanol–water partition coefficient (Wildman–Crippen LogP) is 7.15. The Bertz CT molecular complexity index is 1220. The fourth-order valence-electron chi connectivity index (χ4n) is 4.73. The van der Waals surface area contributed by atoms with Gasteiger partial charge in [-0.2, -0.15) is 0 Å². The molecule has 1 saturated carbocycles. The minimum absolute atomic E-state index is 0.0254. The molecule has 0 radical (unpaired) electrons. The summed E-state index contributed by atoms with van der Waals surface area (Å²) in [5, 5.41) is 11.5. The lowest BCUT2D eigenvalue weighted by Gasteiger charge is -2.33. The fourth-order valence-corrected chi connectivity index (χ4v) is 4.73. The third-order valence-electron chi connectivity index (χ3n) is 6.55. The molecule has 0 saturated heterocycles. The van der Waals surface area contributed by atoms with Gasteiger partial charge in [0.1, 0.15) is 18.1 Å². The molecule has 0 heterocycles. The van der Waals surface area contributed by atoms with Crippen molar-refractivity contribution in [1.29, 1.82) is 0 Å². The van der Waals surface area contributed by atoms with Crippen molar-refractivity contribution in [3.05, 3.63) is 94.0 Å². The van der Waals surface area contributed by atoms with E-state index in [1.807, 2.05) is 42.5 Å². The molecule has 1 aliphatic carbocycles. The first-order valence-corrected chi connectivity index (χ1v) is 12.6. The molecule has 4 rings (SSSR count). The summed E-state index contributed by atoms with van der Waals surface area (Å²) in [6.45, 7) is 0.185. The summed E-state index contributed by atoms with van der Waals surface area (Å²) in [4.78, 5) is 26.1. The molecule has 9 nitrogen and oxygen atoms in total. The fraction of sp³-hybridized carbons (Fsp3) is 0.345. The molecule has 200 valence electrons. The summed E-state index contributed by atoms with van der Waals surface area (Å²) in [6, 6.07) is 21.2. The lowest BCUT2D eigenvalue weighted by molar-refractivity contribution is -0.387. The van der Waals surface area contributed by atoms with Crippen LogP contribution in [0.4, 0.5) is 16.2 Å². The minimum atomic E-state index is -0.925. The minimum Gasteiger partial charge on any atom is -0.457 e. The van der Waals surface area contributed by atoms with Gasteiger partial charge in [0.15, 0.2) is 6.29 Å². The molecule has 0 spiro atoms. The summed E-state index contributed by atoms with van der Waals surface area (Å²) < 4.78 is 22.3. The van der Waals surface area contributed by atoms with E-state index < -0.39 is 17.3 Å². The van der Waals surface area contributed by atoms with Gasteiger partial charge in [-0.05, 0) is 42.7 Å². The highest BCUT2D eigenvalue weighted by Crippen LogP contribution is 2.35. The zero-order valence-electron chi connectivity index (χ0n) is 21.6. The zero-order valence-corrected chi connectivity index (χ0v) is 21.6. The number of carbonyl (C=O) groups excluding carboxylic acids is 1. The molecule has 0 bridgehead atoms. The van der Waals surface area contributed by atoms with E-state index in [0.717, 1.165) is 37.7 Å². The van der Waals surface area contributed by atoms with Gasteiger partial charge in [0.2, 0.25) is 0 Å². The Morgan fingerprint density at radius 1 is 0.947 bits per heavy atom. The second kappa shape index (κ2) is 13.0. The highest BCUT2D eigenvalue weighted by atomic mass is 16.7. The maximum absolute atomic E-state index is 13.3. The molecule has 0 unspecified atom stereocenters. The Kier molecular flexibility index (Phi) is 9.29. The van der Waals surface area contributed by atoms with Crippen molar-refractivity contribution in [2.75, 3.05) is 19.1 Å². The summed E-state index contributed by atoms with van der Waals surface area (Å²) in [5.41, 5.74) is 1.69. The van der Waals surface area contributed by atoms with Crippen molar-refractivity contribution in [2.24, 2.45) is 0 Å². The standard InChI is InChI=1S/C29H32N2O7/c1-35-28(36-2)26-19-25(16-17-27(26)31(33)34)38-24-15-9-14-23(18-24)30(22-12-7-4-8-13-22)29(32)37-20-21-10-5-3-6-11-21/h3,5-6,9-11,14-19,22,28H,4,7-8,12-13,20H2,1-2H3. The van der Waals surface area contributed by atoms with E-state index in [1.54, 1.807) is 17.0 Å². The molecule has 1 aliphatic rings. The Labute approximate surface area is 222 Å². The molecule has 0 aromatic heterocycles. The summed E-state index contributed by atoms with van der Waals surface area (Å²) in [5.74, 6) is 0.850. The average Bonchev–Trinajstić information content (AvgIpc) is 2.94. The van der Waals surface area contributed by atoms with Gasteiger partial charge in [0, 0.05) is 32.4 Å². The van der Waals surface area contributed by atoms with Crippen LogP contribution in [-0.2, 0) is 20.8 Å². The third-order valence-corrected chi connectivity index (χ3v) is 6.55. The van der Waals surface area contributed by atoms with Gasteiger partial charge in [-0.25, -0.2) is 4.79 Å². The number of rotatable bonds is 10. The number of anilines is 1. The van der Waals surface area contributed by atoms with Crippen LogP contribution in [0.1, 0.15) is 49.5 Å². The number of carbonyl (C=O) groups is 1. The molecule has 0 aliphatic heterocycles. The average molecular weight is 521 g/mol. The lowest BCUT2D eigenvalue weighted by Crippen LogP contribution is -2.42. The molecule has 3 aromatic carbocycles. The quantitative estimate of drug-likeness (QED) is 0.159. The predicted molar refractivity (Wildman–Crippen MR) is 142 cm³/mol. The second-order valence-corrected chi connectivity index (χ2v) is 9.08. The Hall–Kier alpha value is -3.95. The molecule has 0 N–H and O–H groups in total. The first-order valence-electron chi connectivity index (χ1n) is 12.6. The number of methoxy groups -OCH3 is 2. The van der Waals surface area contributed by atoms with Crippen molar-refractivity contribution in [2.45, 2.75) is 51.0 Å². The van der Waals surface area contributed by atoms with E-state index >= 15 is 0 Å². The number of ether oxygens (including phenoxy) is 4. The highest BCUT2D eigenvalue weighted by molar-refractivity contribution is 5.88. The first-order chi connectivity index (χ1) is 18.5. The largest absolute Gasteiger partial charge is 0.457 e. The first kappa shape index (κ1) is 27.1. The number of hydrogen-bond donors (Lipinski definition) is 0. The Balaban J connectivity index is 1.58. The van der Waals surface area contributed by atoms with Gasteiger partial charge in [-0.1, -0.05) is 55.7 Å². The van der Waals surface area contributed by atoms with E-state index in [2.05, 4.69) is 0 Å². The van der Waals surface area contributed by atoms with Gasteiger partial charge in [0.05, 0.1) is 16.2 Å². The van der Waals surface area contributed by atoms with E-state index in [-0.39, 0.29) is 23.9 Å². The van der Waals surface area contributed by atoms with E-state index in [4.69, 9.17) is 18.9 Å². The number of nitro groups is 1. The summed E-state index contributed by atoms with van der Waals surface area (Å²) in [6.07, 6.45) is 3.72. The number of hydrogen-bond acceptors (Lipinski definition) is 7. The molecule has 0 atom stereocenters. The zero-order chi connectivity index (χ0) is 26.9. The van der Waals surface area contributed by atoms with Crippen LogP contribution in [0.2, 0.25) is 0 Å². The second-order valence-electron chi connectivity index (χ2n) is 9.08. The van der Waals surface area contributed by atoms with Crippen LogP contribution < -0.4 is 9.64 Å². The van der Waals surface area contributed by atoms with Gasteiger partial charge >= 0.3 is 6.09 Å². The molecular weight excluding hydrogens is 488 g/mol. The number of benzene rings is 3. The molecular formula is C29H32N2O7. The van der Waals surface area contributed by atoms with Crippen LogP contribution >= 0.6 is 0 Å². The van der Waals surface area contributed by atoms with Crippen LogP contribution in [0.25, 0.3) is 0 Å². The third kappa shape index (κ3) is 6.67. The number of nitrogens with zero attached hydrogens (tertiary/aromatic N) is 2. The van der Waals surface area contributed by atoms with Crippen molar-refractivity contribution in [3.63, 3.8) is 0 Å². The molecule has 1 amide bonds. The summed E-state index contributed by atoms with van der Waals surface area (Å²) >= 11 is 0. The molecule has 3 aromatic rings. The smallest absolute Gasteiger partial charge is 0.414 e. The Morgan fingerprint density at radius 3 is 2.34 bits per heavy atom. The maximum Gasteiger partial charge on any atom is 0.414 e. The van der Waals surface area contributed by atoms with Gasteiger partial charge in [-0.3, -0.25) is 15.0 Å². The maximum atomic E-state index is 13.3. The van der Waals surface area contributed by atoms with E-state index in [9.17, 15) is 14.9 Å². The lowest BCUT2D eigenvalue weighted by atomic mass is 9.94. The van der Waals surface area contributed by atoms with Crippen LogP contribution in [0.3, 0.4) is 0 Å². The van der Waals surface area contributed by atoms with Gasteiger partial charge < -0.3 is 18.9 Å². The molecule has 9 heteroatoms. The normalized spacial score (nSPS) is 13.8. The number of amides is 1. The molecule has 1 fully saturated rings. The summed E-state index contributed by atoms with van der Waals surface area (Å²) in [7, 11) is 2.82. The highest BCUT2D eigenvalue weighted by Gasteiger charge is 2.29. The van der Waals surface area contributed by atoms with Gasteiger partial charge in [0.25, 0.3) is 5.69 Å². The van der Waals surface area contributed by atoms with Crippen LogP contribution in [0.15, 0.2) is 72.8 Å². The van der Waals surface area contributed by atoms with Crippen molar-refractivity contribution in [1.82, 2.24) is 0 Å². The van der Waals surface area contributed by atoms with Crippen molar-refractivity contribution in [3.8, 4) is 11.5 Å². The van der Waals surface area contributed by atoms with Crippen molar-refractivity contribution >= 4 is 17.5 Å². The van der Waals surface area contributed by atoms with Crippen molar-refractivity contribution < 1.29 is 28.7 Å². The number of nitro benzene ring substituents is 1. The monoisotopic (exact) mass is 520 g/mol. The van der Waals surface area contributed by atoms with Gasteiger partial charge in [-0.15, -0.1) is 0 Å². The topological polar surface area (TPSA) is 100 Å². The van der Waals surface area contributed by atoms with Crippen LogP contribution in [-0.4, -0.2) is 31.3 Å². The van der Waals surface area contributed by atoms with E-state index in [1.165, 1.54) is 32.4 Å². The SMILES string of the molecule is COC(OC)c1cc(Oc2cccc(N(C(=O)OCc3ccccc3)C3CCCCC3)c2)ccc1[N+](=O)[O-].